The van der Waals surface area contributed by atoms with E-state index in [9.17, 15) is 0 Å². The third kappa shape index (κ3) is 1.13. The summed E-state index contributed by atoms with van der Waals surface area (Å²) < 4.78 is 0. The molecule has 0 aromatic rings. The fraction of sp³-hybridized carbons (Fsp3) is 0.923. The molecule has 14 heavy (non-hydrogen) atoms. The van der Waals surface area contributed by atoms with Crippen LogP contribution in [-0.2, 0) is 0 Å². The minimum Gasteiger partial charge on any atom is -0.198 e. The summed E-state index contributed by atoms with van der Waals surface area (Å²) in [6.07, 6.45) is 2.54. The molecule has 0 heterocycles. The molecular weight excluding hydrogens is 170 g/mol. The SMILES string of the molecule is CC(C)C1C(C#N)CC2CC1C2(C)C. The Hall–Kier alpha value is -0.510. The Labute approximate surface area is 87.5 Å². The average Bonchev–Trinajstić information content (AvgIpc) is 2.16. The van der Waals surface area contributed by atoms with Crippen molar-refractivity contribution in [2.75, 3.05) is 0 Å². The summed E-state index contributed by atoms with van der Waals surface area (Å²) in [4.78, 5) is 0. The second-order valence-corrected chi connectivity index (χ2v) is 6.15. The quantitative estimate of drug-likeness (QED) is 0.622. The zero-order valence-corrected chi connectivity index (χ0v) is 9.75. The highest BCUT2D eigenvalue weighted by atomic mass is 14.6. The highest BCUT2D eigenvalue weighted by Gasteiger charge is 2.58. The second kappa shape index (κ2) is 2.99. The molecule has 0 saturated heterocycles. The van der Waals surface area contributed by atoms with E-state index in [0.29, 0.717) is 23.2 Å². The van der Waals surface area contributed by atoms with Gasteiger partial charge >= 0.3 is 0 Å². The molecule has 0 aromatic carbocycles. The van der Waals surface area contributed by atoms with Gasteiger partial charge in [-0.2, -0.15) is 5.26 Å². The van der Waals surface area contributed by atoms with Crippen LogP contribution in [0.5, 0.6) is 0 Å². The van der Waals surface area contributed by atoms with Gasteiger partial charge in [-0.1, -0.05) is 27.7 Å². The van der Waals surface area contributed by atoms with Crippen LogP contribution in [0, 0.1) is 46.3 Å². The van der Waals surface area contributed by atoms with Crippen LogP contribution in [-0.4, -0.2) is 0 Å². The van der Waals surface area contributed by atoms with Gasteiger partial charge in [0.05, 0.1) is 6.07 Å². The summed E-state index contributed by atoms with van der Waals surface area (Å²) >= 11 is 0. The van der Waals surface area contributed by atoms with Crippen molar-refractivity contribution in [3.63, 3.8) is 0 Å². The van der Waals surface area contributed by atoms with E-state index >= 15 is 0 Å². The maximum absolute atomic E-state index is 9.17. The van der Waals surface area contributed by atoms with Gasteiger partial charge in [0.2, 0.25) is 0 Å². The highest BCUT2D eigenvalue weighted by Crippen LogP contribution is 2.64. The van der Waals surface area contributed by atoms with Gasteiger partial charge in [0.15, 0.2) is 0 Å². The number of rotatable bonds is 1. The van der Waals surface area contributed by atoms with Crippen LogP contribution in [0.4, 0.5) is 0 Å². The van der Waals surface area contributed by atoms with E-state index in [0.717, 1.165) is 18.3 Å². The Kier molecular flexibility index (Phi) is 2.14. The fourth-order valence-electron chi connectivity index (χ4n) is 3.92. The van der Waals surface area contributed by atoms with Crippen LogP contribution < -0.4 is 0 Å². The summed E-state index contributed by atoms with van der Waals surface area (Å²) in [5.74, 6) is 3.30. The van der Waals surface area contributed by atoms with E-state index in [2.05, 4.69) is 33.8 Å². The minimum atomic E-state index is 0.340. The molecule has 3 aliphatic rings. The Bertz CT molecular complexity index is 271. The van der Waals surface area contributed by atoms with E-state index in [1.54, 1.807) is 0 Å². The van der Waals surface area contributed by atoms with Crippen LogP contribution in [0.3, 0.4) is 0 Å². The third-order valence-corrected chi connectivity index (χ3v) is 4.95. The van der Waals surface area contributed by atoms with Crippen molar-refractivity contribution < 1.29 is 0 Å². The molecule has 2 bridgehead atoms. The fourth-order valence-corrected chi connectivity index (χ4v) is 3.92. The summed E-state index contributed by atoms with van der Waals surface area (Å²) in [6, 6.07) is 2.53. The number of nitriles is 1. The van der Waals surface area contributed by atoms with Crippen LogP contribution in [0.15, 0.2) is 0 Å². The van der Waals surface area contributed by atoms with Crippen molar-refractivity contribution in [1.82, 2.24) is 0 Å². The van der Waals surface area contributed by atoms with Crippen molar-refractivity contribution in [2.45, 2.75) is 40.5 Å². The van der Waals surface area contributed by atoms with E-state index < -0.39 is 0 Å². The maximum Gasteiger partial charge on any atom is 0.0659 e. The minimum absolute atomic E-state index is 0.340. The molecule has 1 nitrogen and oxygen atoms in total. The molecule has 0 radical (unpaired) electrons. The first kappa shape index (κ1) is 10.0. The first-order valence-electron chi connectivity index (χ1n) is 5.88. The van der Waals surface area contributed by atoms with Gasteiger partial charge < -0.3 is 0 Å². The summed E-state index contributed by atoms with van der Waals surface area (Å²) in [7, 11) is 0. The lowest BCUT2D eigenvalue weighted by Gasteiger charge is -2.62. The molecule has 3 saturated carbocycles. The number of hydrogen-bond acceptors (Lipinski definition) is 1. The Balaban J connectivity index is 2.22. The lowest BCUT2D eigenvalue weighted by atomic mass is 9.42. The van der Waals surface area contributed by atoms with E-state index in [4.69, 9.17) is 5.26 Å². The van der Waals surface area contributed by atoms with Crippen LogP contribution in [0.2, 0.25) is 0 Å². The van der Waals surface area contributed by atoms with Gasteiger partial charge in [0.25, 0.3) is 0 Å². The van der Waals surface area contributed by atoms with Gasteiger partial charge in [0.1, 0.15) is 0 Å². The molecular formula is C13H21N. The average molecular weight is 191 g/mol. The molecule has 3 rings (SSSR count). The lowest BCUT2D eigenvalue weighted by Crippen LogP contribution is -2.56. The van der Waals surface area contributed by atoms with Crippen LogP contribution in [0.25, 0.3) is 0 Å². The topological polar surface area (TPSA) is 23.8 Å². The first-order chi connectivity index (χ1) is 6.48. The van der Waals surface area contributed by atoms with Gasteiger partial charge in [-0.3, -0.25) is 0 Å². The molecule has 0 N–H and O–H groups in total. The Morgan fingerprint density at radius 3 is 2.36 bits per heavy atom. The Morgan fingerprint density at radius 1 is 1.29 bits per heavy atom. The maximum atomic E-state index is 9.17. The molecule has 78 valence electrons. The van der Waals surface area contributed by atoms with Gasteiger partial charge in [-0.25, -0.2) is 0 Å². The smallest absolute Gasteiger partial charge is 0.0659 e. The predicted octanol–water partition coefficient (Wildman–Crippen LogP) is 3.46. The van der Waals surface area contributed by atoms with Crippen molar-refractivity contribution in [1.29, 1.82) is 5.26 Å². The highest BCUT2D eigenvalue weighted by molar-refractivity contribution is 5.10. The van der Waals surface area contributed by atoms with Crippen LogP contribution in [0.1, 0.15) is 40.5 Å². The standard InChI is InChI=1S/C13H21N/c1-8(2)12-9(7-14)5-10-6-11(12)13(10,3)4/h8-12H,5-6H2,1-4H3. The monoisotopic (exact) mass is 191 g/mol. The number of nitrogens with zero attached hydrogens (tertiary/aromatic N) is 1. The molecule has 0 amide bonds. The molecule has 3 aliphatic carbocycles. The van der Waals surface area contributed by atoms with Crippen molar-refractivity contribution in [3.05, 3.63) is 0 Å². The number of hydrogen-bond donors (Lipinski definition) is 0. The molecule has 4 atom stereocenters. The third-order valence-electron chi connectivity index (χ3n) is 4.95. The van der Waals surface area contributed by atoms with Crippen molar-refractivity contribution in [3.8, 4) is 6.07 Å². The molecule has 3 fully saturated rings. The number of fused-ring (bicyclic) bond motifs is 2. The molecule has 4 unspecified atom stereocenters. The summed E-state index contributed by atoms with van der Waals surface area (Å²) in [6.45, 7) is 9.36. The van der Waals surface area contributed by atoms with Gasteiger partial charge in [-0.15, -0.1) is 0 Å². The largest absolute Gasteiger partial charge is 0.198 e. The van der Waals surface area contributed by atoms with Crippen molar-refractivity contribution in [2.24, 2.45) is 35.0 Å². The van der Waals surface area contributed by atoms with Gasteiger partial charge in [-0.05, 0) is 41.9 Å². The summed E-state index contributed by atoms with van der Waals surface area (Å²) in [5, 5.41) is 9.17. The van der Waals surface area contributed by atoms with E-state index in [1.807, 2.05) is 0 Å². The van der Waals surface area contributed by atoms with E-state index in [-0.39, 0.29) is 0 Å². The normalized spacial score (nSPS) is 44.3. The Morgan fingerprint density at radius 2 is 1.93 bits per heavy atom. The zero-order chi connectivity index (χ0) is 10.5. The molecule has 0 aromatic heterocycles. The van der Waals surface area contributed by atoms with Crippen molar-refractivity contribution >= 4 is 0 Å². The lowest BCUT2D eigenvalue weighted by molar-refractivity contribution is -0.135. The molecule has 1 heteroatoms. The predicted molar refractivity (Wildman–Crippen MR) is 57.4 cm³/mol. The van der Waals surface area contributed by atoms with Gasteiger partial charge in [0, 0.05) is 5.92 Å². The first-order valence-corrected chi connectivity index (χ1v) is 5.88. The van der Waals surface area contributed by atoms with E-state index in [1.165, 1.54) is 6.42 Å². The van der Waals surface area contributed by atoms with Crippen LogP contribution >= 0.6 is 0 Å². The molecule has 0 spiro atoms. The summed E-state index contributed by atoms with van der Waals surface area (Å²) in [5.41, 5.74) is 0.516. The second-order valence-electron chi connectivity index (χ2n) is 6.15. The molecule has 0 aliphatic heterocycles. The zero-order valence-electron chi connectivity index (χ0n) is 9.75.